The van der Waals surface area contributed by atoms with Crippen LogP contribution in [0.15, 0.2) is 17.1 Å². The van der Waals surface area contributed by atoms with Gasteiger partial charge in [0.05, 0.1) is 24.1 Å². The molecule has 10 nitrogen and oxygen atoms in total. The number of β-amino-alcohol motifs (C(OH)–C–C–N with tert-alkyl or cyclic N) is 1. The van der Waals surface area contributed by atoms with Crippen LogP contribution in [0.5, 0.6) is 5.75 Å². The Balaban J connectivity index is 1.34. The molecule has 11 heteroatoms. The van der Waals surface area contributed by atoms with Gasteiger partial charge >= 0.3 is 5.97 Å². The average molecular weight is 518 g/mol. The predicted molar refractivity (Wildman–Crippen MR) is 139 cm³/mol. The number of anilines is 1. The Kier molecular flexibility index (Phi) is 7.39. The van der Waals surface area contributed by atoms with E-state index in [9.17, 15) is 19.8 Å². The molecule has 2 N–H and O–H groups in total. The molecule has 1 aliphatic carbocycles. The fraction of sp³-hybridized carbons (Fsp3) is 0.615. The van der Waals surface area contributed by atoms with Crippen molar-refractivity contribution in [2.75, 3.05) is 84.5 Å². The molecule has 2 saturated heterocycles. The van der Waals surface area contributed by atoms with Crippen LogP contribution in [0.1, 0.15) is 29.2 Å². The Hall–Kier alpha value is -2.73. The van der Waals surface area contributed by atoms with Crippen LogP contribution in [0.4, 0.5) is 10.1 Å². The number of carboxylic acids is 1. The zero-order valence-electron chi connectivity index (χ0n) is 21.5. The van der Waals surface area contributed by atoms with Crippen LogP contribution >= 0.6 is 0 Å². The van der Waals surface area contributed by atoms with Gasteiger partial charge in [0, 0.05) is 77.7 Å². The number of nitrogens with zero attached hydrogens (tertiary/aromatic N) is 5. The highest BCUT2D eigenvalue weighted by Gasteiger charge is 2.32. The van der Waals surface area contributed by atoms with Crippen LogP contribution in [0.2, 0.25) is 0 Å². The van der Waals surface area contributed by atoms with Crippen LogP contribution < -0.4 is 15.1 Å². The number of aliphatic hydroxyl groups is 1. The van der Waals surface area contributed by atoms with E-state index in [1.807, 2.05) is 4.90 Å². The number of methoxy groups -OCH3 is 1. The molecule has 202 valence electrons. The second-order valence-corrected chi connectivity index (χ2v) is 10.5. The monoisotopic (exact) mass is 517 g/mol. The summed E-state index contributed by atoms with van der Waals surface area (Å²) in [5.41, 5.74) is -0.328. The van der Waals surface area contributed by atoms with Crippen molar-refractivity contribution < 1.29 is 24.1 Å². The Labute approximate surface area is 215 Å². The van der Waals surface area contributed by atoms with E-state index in [4.69, 9.17) is 4.74 Å². The first-order valence-corrected chi connectivity index (χ1v) is 13.0. The van der Waals surface area contributed by atoms with Gasteiger partial charge in [0.2, 0.25) is 5.43 Å². The second-order valence-electron chi connectivity index (χ2n) is 10.5. The molecule has 1 atom stereocenters. The number of benzene rings is 1. The molecule has 1 unspecified atom stereocenters. The maximum Gasteiger partial charge on any atom is 0.341 e. The van der Waals surface area contributed by atoms with Gasteiger partial charge in [-0.05, 0) is 26.0 Å². The lowest BCUT2D eigenvalue weighted by atomic mass is 10.1. The molecule has 1 aromatic heterocycles. The van der Waals surface area contributed by atoms with Crippen molar-refractivity contribution in [1.82, 2.24) is 19.3 Å². The van der Waals surface area contributed by atoms with Crippen LogP contribution in [-0.2, 0) is 0 Å². The van der Waals surface area contributed by atoms with Crippen molar-refractivity contribution in [2.24, 2.45) is 0 Å². The molecule has 5 rings (SSSR count). The Morgan fingerprint density at radius 1 is 1.08 bits per heavy atom. The van der Waals surface area contributed by atoms with Crippen molar-refractivity contribution in [3.8, 4) is 5.75 Å². The number of hydrogen-bond donors (Lipinski definition) is 2. The Morgan fingerprint density at radius 3 is 2.22 bits per heavy atom. The number of likely N-dealkylation sites (N-methyl/N-ethyl adjacent to an activating group) is 1. The normalized spacial score (nSPS) is 20.9. The Morgan fingerprint density at radius 2 is 1.68 bits per heavy atom. The summed E-state index contributed by atoms with van der Waals surface area (Å²) in [6, 6.07) is 1.22. The minimum atomic E-state index is -1.32. The van der Waals surface area contributed by atoms with Crippen molar-refractivity contribution in [3.05, 3.63) is 33.9 Å². The molecule has 2 aliphatic heterocycles. The number of piperazine rings is 2. The first-order chi connectivity index (χ1) is 17.8. The highest BCUT2D eigenvalue weighted by Crippen LogP contribution is 2.43. The average Bonchev–Trinajstić information content (AvgIpc) is 3.71. The van der Waals surface area contributed by atoms with Gasteiger partial charge in [-0.15, -0.1) is 0 Å². The topological polar surface area (TPSA) is 102 Å². The summed E-state index contributed by atoms with van der Waals surface area (Å²) in [5, 5.41) is 20.2. The van der Waals surface area contributed by atoms with Gasteiger partial charge in [-0.25, -0.2) is 9.18 Å². The SMILES string of the molecule is COc1c(N2CCN(CC(O)CN3CCN(C)CC3)CC2)c(F)cc2c(=O)c(C(=O)O)cn(C3CC3)c12. The number of aliphatic hydroxyl groups excluding tert-OH is 1. The number of halogens is 1. The fourth-order valence-corrected chi connectivity index (χ4v) is 5.56. The van der Waals surface area contributed by atoms with Gasteiger partial charge in [-0.1, -0.05) is 0 Å². The number of aromatic nitrogens is 1. The van der Waals surface area contributed by atoms with Gasteiger partial charge in [0.25, 0.3) is 0 Å². The van der Waals surface area contributed by atoms with E-state index >= 15 is 4.39 Å². The molecular formula is C26H36FN5O5. The standard InChI is InChI=1S/C26H36FN5O5/c1-28-5-7-29(8-6-28)14-18(33)15-30-9-11-31(12-10-30)23-21(27)13-19-22(25(23)37-2)32(17-3-4-17)16-20(24(19)34)26(35)36/h13,16-18,33H,3-12,14-15H2,1-2H3,(H,35,36). The van der Waals surface area contributed by atoms with Gasteiger partial charge < -0.3 is 29.3 Å². The number of aromatic carboxylic acids is 1. The molecule has 3 heterocycles. The third kappa shape index (κ3) is 5.31. The zero-order chi connectivity index (χ0) is 26.3. The quantitative estimate of drug-likeness (QED) is 0.529. The number of carbonyl (C=O) groups is 1. The fourth-order valence-electron chi connectivity index (χ4n) is 5.56. The van der Waals surface area contributed by atoms with Gasteiger partial charge in [-0.2, -0.15) is 0 Å². The molecule has 2 aromatic rings. The molecule has 37 heavy (non-hydrogen) atoms. The van der Waals surface area contributed by atoms with Gasteiger partial charge in [0.1, 0.15) is 11.3 Å². The summed E-state index contributed by atoms with van der Waals surface area (Å²) in [4.78, 5) is 33.3. The highest BCUT2D eigenvalue weighted by molar-refractivity contribution is 5.97. The van der Waals surface area contributed by atoms with Crippen molar-refractivity contribution in [1.29, 1.82) is 0 Å². The van der Waals surface area contributed by atoms with Gasteiger partial charge in [-0.3, -0.25) is 14.6 Å². The van der Waals surface area contributed by atoms with E-state index in [1.165, 1.54) is 13.3 Å². The number of hydrogen-bond acceptors (Lipinski definition) is 8. The van der Waals surface area contributed by atoms with Gasteiger partial charge in [0.15, 0.2) is 11.6 Å². The summed E-state index contributed by atoms with van der Waals surface area (Å²) in [7, 11) is 3.56. The summed E-state index contributed by atoms with van der Waals surface area (Å²) in [5.74, 6) is -1.66. The molecule has 1 saturated carbocycles. The first kappa shape index (κ1) is 25.9. The number of rotatable bonds is 8. The van der Waals surface area contributed by atoms with E-state index in [2.05, 4.69) is 21.7 Å². The lowest BCUT2D eigenvalue weighted by Gasteiger charge is -2.39. The predicted octanol–water partition coefficient (Wildman–Crippen LogP) is 0.913. The van der Waals surface area contributed by atoms with E-state index in [0.717, 1.165) is 45.1 Å². The van der Waals surface area contributed by atoms with Crippen molar-refractivity contribution in [3.63, 3.8) is 0 Å². The number of pyridine rings is 1. The highest BCUT2D eigenvalue weighted by atomic mass is 19.1. The number of fused-ring (bicyclic) bond motifs is 1. The molecule has 0 amide bonds. The van der Waals surface area contributed by atoms with E-state index in [-0.39, 0.29) is 22.7 Å². The van der Waals surface area contributed by atoms with Crippen LogP contribution in [0.3, 0.4) is 0 Å². The van der Waals surface area contributed by atoms with Crippen LogP contribution in [0, 0.1) is 5.82 Å². The minimum Gasteiger partial charge on any atom is -0.492 e. The smallest absolute Gasteiger partial charge is 0.341 e. The summed E-state index contributed by atoms with van der Waals surface area (Å²) in [6.45, 7) is 7.57. The maximum absolute atomic E-state index is 15.5. The summed E-state index contributed by atoms with van der Waals surface area (Å²) in [6.07, 6.45) is 2.65. The summed E-state index contributed by atoms with van der Waals surface area (Å²) >= 11 is 0. The number of ether oxygens (including phenoxy) is 1. The first-order valence-electron chi connectivity index (χ1n) is 13.0. The van der Waals surface area contributed by atoms with Crippen molar-refractivity contribution >= 4 is 22.6 Å². The van der Waals surface area contributed by atoms with Crippen LogP contribution in [0.25, 0.3) is 10.9 Å². The maximum atomic E-state index is 15.5. The second kappa shape index (κ2) is 10.6. The summed E-state index contributed by atoms with van der Waals surface area (Å²) < 4.78 is 23.0. The van der Waals surface area contributed by atoms with E-state index < -0.39 is 23.3 Å². The minimum absolute atomic E-state index is 0.0237. The third-order valence-corrected chi connectivity index (χ3v) is 7.80. The lowest BCUT2D eigenvalue weighted by molar-refractivity contribution is 0.0537. The van der Waals surface area contributed by atoms with Crippen LogP contribution in [-0.4, -0.2) is 121 Å². The molecule has 3 aliphatic rings. The molecule has 3 fully saturated rings. The largest absolute Gasteiger partial charge is 0.492 e. The molecule has 1 aromatic carbocycles. The molecular weight excluding hydrogens is 481 g/mol. The van der Waals surface area contributed by atoms with E-state index in [0.29, 0.717) is 50.5 Å². The molecule has 0 radical (unpaired) electrons. The van der Waals surface area contributed by atoms with Crippen molar-refractivity contribution in [2.45, 2.75) is 25.0 Å². The molecule has 0 spiro atoms. The third-order valence-electron chi connectivity index (χ3n) is 7.80. The van der Waals surface area contributed by atoms with E-state index in [1.54, 1.807) is 4.57 Å². The number of carboxylic acid groups (broad SMARTS) is 1. The Bertz CT molecular complexity index is 1220. The molecule has 0 bridgehead atoms. The lowest BCUT2D eigenvalue weighted by Crippen LogP contribution is -2.52. The zero-order valence-corrected chi connectivity index (χ0v) is 21.5.